The van der Waals surface area contributed by atoms with Crippen LogP contribution in [-0.2, 0) is 21.1 Å². The minimum Gasteiger partial charge on any atom is -0.492 e. The SMILES string of the molecule is CN(C)CCOc1ccc(C(=O)c2ccccc2)cc1.[Mo]. The molecule has 0 radical (unpaired) electrons. The van der Waals surface area contributed by atoms with Crippen LogP contribution in [0, 0.1) is 0 Å². The molecule has 110 valence electrons. The van der Waals surface area contributed by atoms with Crippen LogP contribution < -0.4 is 4.74 Å². The number of nitrogens with zero attached hydrogens (tertiary/aromatic N) is 1. The number of rotatable bonds is 6. The van der Waals surface area contributed by atoms with Gasteiger partial charge in [0.1, 0.15) is 12.4 Å². The van der Waals surface area contributed by atoms with Gasteiger partial charge in [-0.1, -0.05) is 30.3 Å². The fourth-order valence-corrected chi connectivity index (χ4v) is 1.80. The normalized spacial score (nSPS) is 10.0. The maximum Gasteiger partial charge on any atom is 0.193 e. The fourth-order valence-electron chi connectivity index (χ4n) is 1.80. The van der Waals surface area contributed by atoms with E-state index in [4.69, 9.17) is 4.74 Å². The van der Waals surface area contributed by atoms with Crippen LogP contribution in [0.4, 0.5) is 0 Å². The van der Waals surface area contributed by atoms with Crippen molar-refractivity contribution in [2.24, 2.45) is 0 Å². The first-order valence-corrected chi connectivity index (χ1v) is 6.64. The van der Waals surface area contributed by atoms with Crippen molar-refractivity contribution < 1.29 is 30.6 Å². The van der Waals surface area contributed by atoms with Crippen LogP contribution in [0.3, 0.4) is 0 Å². The van der Waals surface area contributed by atoms with Crippen LogP contribution in [0.2, 0.25) is 0 Å². The first-order valence-electron chi connectivity index (χ1n) is 6.64. The van der Waals surface area contributed by atoms with Crippen molar-refractivity contribution in [1.29, 1.82) is 0 Å². The van der Waals surface area contributed by atoms with Crippen LogP contribution >= 0.6 is 0 Å². The zero-order valence-electron chi connectivity index (χ0n) is 12.3. The van der Waals surface area contributed by atoms with E-state index in [1.807, 2.05) is 56.6 Å². The van der Waals surface area contributed by atoms with Crippen molar-refractivity contribution in [3.8, 4) is 5.75 Å². The second kappa shape index (κ2) is 8.76. The molecule has 0 N–H and O–H groups in total. The number of ether oxygens (including phenoxy) is 1. The summed E-state index contributed by atoms with van der Waals surface area (Å²) in [5.74, 6) is 0.821. The zero-order chi connectivity index (χ0) is 14.4. The summed E-state index contributed by atoms with van der Waals surface area (Å²) in [7, 11) is 4.01. The summed E-state index contributed by atoms with van der Waals surface area (Å²) in [4.78, 5) is 14.3. The molecule has 0 bridgehead atoms. The van der Waals surface area contributed by atoms with Gasteiger partial charge in [0.2, 0.25) is 0 Å². The number of hydrogen-bond acceptors (Lipinski definition) is 3. The Morgan fingerprint density at radius 1 is 0.952 bits per heavy atom. The summed E-state index contributed by atoms with van der Waals surface area (Å²) in [6.45, 7) is 1.50. The van der Waals surface area contributed by atoms with Crippen molar-refractivity contribution in [1.82, 2.24) is 4.90 Å². The van der Waals surface area contributed by atoms with Crippen LogP contribution in [0.5, 0.6) is 5.75 Å². The molecule has 0 aliphatic carbocycles. The van der Waals surface area contributed by atoms with E-state index in [0.29, 0.717) is 17.7 Å². The van der Waals surface area contributed by atoms with Gasteiger partial charge in [0.15, 0.2) is 5.78 Å². The van der Waals surface area contributed by atoms with Gasteiger partial charge >= 0.3 is 0 Å². The Morgan fingerprint density at radius 3 is 2.10 bits per heavy atom. The predicted molar refractivity (Wildman–Crippen MR) is 80.4 cm³/mol. The van der Waals surface area contributed by atoms with Gasteiger partial charge in [-0.15, -0.1) is 0 Å². The monoisotopic (exact) mass is 367 g/mol. The molecule has 0 fully saturated rings. The predicted octanol–water partition coefficient (Wildman–Crippen LogP) is 2.86. The van der Waals surface area contributed by atoms with Gasteiger partial charge < -0.3 is 9.64 Å². The Bertz CT molecular complexity index is 553. The molecule has 0 aliphatic heterocycles. The molecule has 2 aromatic rings. The molecule has 0 unspecified atom stereocenters. The van der Waals surface area contributed by atoms with Gasteiger partial charge in [-0.3, -0.25) is 4.79 Å². The molecule has 0 saturated carbocycles. The third kappa shape index (κ3) is 5.45. The molecule has 21 heavy (non-hydrogen) atoms. The number of carbonyl (C=O) groups excluding carboxylic acids is 1. The molecule has 0 atom stereocenters. The summed E-state index contributed by atoms with van der Waals surface area (Å²) in [5.41, 5.74) is 1.38. The van der Waals surface area contributed by atoms with Crippen molar-refractivity contribution in [3.63, 3.8) is 0 Å². The standard InChI is InChI=1S/C17H19NO2.Mo/c1-18(2)12-13-20-16-10-8-15(9-11-16)17(19)14-6-4-3-5-7-14;/h3-11H,12-13H2,1-2H3;. The molecule has 0 heterocycles. The second-order valence-corrected chi connectivity index (χ2v) is 4.87. The third-order valence-electron chi connectivity index (χ3n) is 2.96. The summed E-state index contributed by atoms with van der Waals surface area (Å²) in [6.07, 6.45) is 0. The maximum atomic E-state index is 12.2. The number of hydrogen-bond donors (Lipinski definition) is 0. The van der Waals surface area contributed by atoms with Crippen molar-refractivity contribution in [2.75, 3.05) is 27.2 Å². The Hall–Kier alpha value is -1.44. The average Bonchev–Trinajstić information content (AvgIpc) is 2.48. The molecule has 0 spiro atoms. The van der Waals surface area contributed by atoms with Crippen LogP contribution in [0.25, 0.3) is 0 Å². The summed E-state index contributed by atoms with van der Waals surface area (Å²) in [5, 5.41) is 0. The molecule has 4 heteroatoms. The maximum absolute atomic E-state index is 12.2. The number of likely N-dealkylation sites (N-methyl/N-ethyl adjacent to an activating group) is 1. The van der Waals surface area contributed by atoms with Crippen molar-refractivity contribution >= 4 is 5.78 Å². The number of ketones is 1. The summed E-state index contributed by atoms with van der Waals surface area (Å²) < 4.78 is 5.60. The topological polar surface area (TPSA) is 29.5 Å². The average molecular weight is 365 g/mol. The minimum atomic E-state index is 0. The molecule has 3 nitrogen and oxygen atoms in total. The Balaban J connectivity index is 0.00000220. The van der Waals surface area contributed by atoms with E-state index in [1.54, 1.807) is 12.1 Å². The molecule has 0 amide bonds. The fraction of sp³-hybridized carbons (Fsp3) is 0.235. The second-order valence-electron chi connectivity index (χ2n) is 4.87. The van der Waals surface area contributed by atoms with E-state index in [-0.39, 0.29) is 26.8 Å². The van der Waals surface area contributed by atoms with Crippen molar-refractivity contribution in [3.05, 3.63) is 65.7 Å². The van der Waals surface area contributed by atoms with E-state index in [0.717, 1.165) is 12.3 Å². The molecule has 2 aromatic carbocycles. The van der Waals surface area contributed by atoms with Gasteiger partial charge in [-0.2, -0.15) is 0 Å². The van der Waals surface area contributed by atoms with Gasteiger partial charge in [0, 0.05) is 38.7 Å². The minimum absolute atomic E-state index is 0. The summed E-state index contributed by atoms with van der Waals surface area (Å²) >= 11 is 0. The first kappa shape index (κ1) is 17.6. The van der Waals surface area contributed by atoms with Crippen LogP contribution in [0.1, 0.15) is 15.9 Å². The largest absolute Gasteiger partial charge is 0.492 e. The van der Waals surface area contributed by atoms with Crippen LogP contribution in [-0.4, -0.2) is 37.9 Å². The van der Waals surface area contributed by atoms with Gasteiger partial charge in [0.05, 0.1) is 0 Å². The van der Waals surface area contributed by atoms with Crippen LogP contribution in [0.15, 0.2) is 54.6 Å². The van der Waals surface area contributed by atoms with Gasteiger partial charge in [0.25, 0.3) is 0 Å². The molecule has 2 rings (SSSR count). The van der Waals surface area contributed by atoms with Crippen molar-refractivity contribution in [2.45, 2.75) is 0 Å². The molecule has 0 aromatic heterocycles. The van der Waals surface area contributed by atoms with Gasteiger partial charge in [-0.05, 0) is 38.4 Å². The third-order valence-corrected chi connectivity index (χ3v) is 2.96. The molecular formula is C17H19MoNO2. The van der Waals surface area contributed by atoms with E-state index in [1.165, 1.54) is 0 Å². The van der Waals surface area contributed by atoms with Gasteiger partial charge in [-0.25, -0.2) is 0 Å². The van der Waals surface area contributed by atoms with E-state index < -0.39 is 0 Å². The smallest absolute Gasteiger partial charge is 0.193 e. The molecule has 0 aliphatic rings. The van der Waals surface area contributed by atoms with E-state index >= 15 is 0 Å². The Labute approximate surface area is 140 Å². The number of benzene rings is 2. The summed E-state index contributed by atoms with van der Waals surface area (Å²) in [6, 6.07) is 16.6. The first-order chi connectivity index (χ1) is 9.66. The zero-order valence-corrected chi connectivity index (χ0v) is 14.3. The Kier molecular flexibility index (Phi) is 7.34. The Morgan fingerprint density at radius 2 is 1.52 bits per heavy atom. The molecule has 0 saturated heterocycles. The van der Waals surface area contributed by atoms with E-state index in [9.17, 15) is 4.79 Å². The van der Waals surface area contributed by atoms with E-state index in [2.05, 4.69) is 4.90 Å². The molecular weight excluding hydrogens is 346 g/mol. The quantitative estimate of drug-likeness (QED) is 0.583. The number of carbonyl (C=O) groups is 1.